The maximum atomic E-state index is 4.51. The molecule has 0 saturated heterocycles. The van der Waals surface area contributed by atoms with Gasteiger partial charge < -0.3 is 5.32 Å². The van der Waals surface area contributed by atoms with E-state index < -0.39 is 0 Å². The van der Waals surface area contributed by atoms with Crippen LogP contribution < -0.4 is 5.32 Å². The molecule has 2 aromatic heterocycles. The zero-order valence-corrected chi connectivity index (χ0v) is 14.0. The average Bonchev–Trinajstić information content (AvgIpc) is 2.83. The summed E-state index contributed by atoms with van der Waals surface area (Å²) in [6, 6.07) is 0. The lowest BCUT2D eigenvalue weighted by atomic mass is 10.2. The first-order valence-electron chi connectivity index (χ1n) is 6.42. The van der Waals surface area contributed by atoms with Crippen molar-refractivity contribution in [2.75, 3.05) is 6.54 Å². The van der Waals surface area contributed by atoms with E-state index in [2.05, 4.69) is 52.0 Å². The molecule has 1 N–H and O–H groups in total. The number of nitrogens with one attached hydrogen (secondary N) is 1. The van der Waals surface area contributed by atoms with Crippen molar-refractivity contribution in [2.45, 2.75) is 27.3 Å². The molecule has 0 bridgehead atoms. The van der Waals surface area contributed by atoms with Crippen molar-refractivity contribution >= 4 is 22.6 Å². The Bertz CT molecular complexity index is 555. The van der Waals surface area contributed by atoms with Crippen LogP contribution in [-0.4, -0.2) is 26.1 Å². The standard InChI is InChI=1S/C13H20IN5/c1-9(2)5-15-7-12-10(3)17-18(4)13(12)19-8-11(14)6-16-19/h6,8-9,15H,5,7H2,1-4H3. The summed E-state index contributed by atoms with van der Waals surface area (Å²) in [6.45, 7) is 8.29. The van der Waals surface area contributed by atoms with Crippen molar-refractivity contribution in [1.82, 2.24) is 24.9 Å². The molecule has 0 radical (unpaired) electrons. The van der Waals surface area contributed by atoms with Crippen molar-refractivity contribution in [2.24, 2.45) is 13.0 Å². The highest BCUT2D eigenvalue weighted by Crippen LogP contribution is 2.18. The fourth-order valence-electron chi connectivity index (χ4n) is 2.09. The maximum Gasteiger partial charge on any atom is 0.156 e. The molecule has 104 valence electrons. The van der Waals surface area contributed by atoms with Crippen molar-refractivity contribution < 1.29 is 0 Å². The van der Waals surface area contributed by atoms with Gasteiger partial charge in [-0.15, -0.1) is 0 Å². The highest BCUT2D eigenvalue weighted by atomic mass is 127. The summed E-state index contributed by atoms with van der Waals surface area (Å²) < 4.78 is 4.91. The van der Waals surface area contributed by atoms with Crippen molar-refractivity contribution in [1.29, 1.82) is 0 Å². The van der Waals surface area contributed by atoms with E-state index in [4.69, 9.17) is 0 Å². The second-order valence-electron chi connectivity index (χ2n) is 5.14. The van der Waals surface area contributed by atoms with Crippen LogP contribution in [0.4, 0.5) is 0 Å². The normalized spacial score (nSPS) is 11.5. The maximum absolute atomic E-state index is 4.51. The highest BCUT2D eigenvalue weighted by molar-refractivity contribution is 14.1. The Morgan fingerprint density at radius 3 is 2.74 bits per heavy atom. The highest BCUT2D eigenvalue weighted by Gasteiger charge is 2.15. The molecule has 0 fully saturated rings. The van der Waals surface area contributed by atoms with Crippen molar-refractivity contribution in [3.8, 4) is 5.82 Å². The predicted molar refractivity (Wildman–Crippen MR) is 84.3 cm³/mol. The van der Waals surface area contributed by atoms with Crippen LogP contribution in [0.15, 0.2) is 12.4 Å². The fourth-order valence-corrected chi connectivity index (χ4v) is 2.47. The molecule has 2 aromatic rings. The van der Waals surface area contributed by atoms with E-state index in [0.717, 1.165) is 28.2 Å². The third-order valence-corrected chi connectivity index (χ3v) is 3.49. The minimum atomic E-state index is 0.645. The summed E-state index contributed by atoms with van der Waals surface area (Å²) in [4.78, 5) is 0. The quantitative estimate of drug-likeness (QED) is 0.818. The molecule has 0 aliphatic heterocycles. The van der Waals surface area contributed by atoms with Gasteiger partial charge in [-0.1, -0.05) is 13.8 Å². The van der Waals surface area contributed by atoms with Gasteiger partial charge in [0.1, 0.15) is 0 Å². The first-order chi connectivity index (χ1) is 8.99. The average molecular weight is 373 g/mol. The Balaban J connectivity index is 2.27. The molecule has 19 heavy (non-hydrogen) atoms. The van der Waals surface area contributed by atoms with E-state index in [9.17, 15) is 0 Å². The lowest BCUT2D eigenvalue weighted by Gasteiger charge is -2.09. The number of nitrogens with zero attached hydrogens (tertiary/aromatic N) is 4. The Morgan fingerprint density at radius 2 is 2.16 bits per heavy atom. The summed E-state index contributed by atoms with van der Waals surface area (Å²) in [7, 11) is 1.96. The molecule has 2 heterocycles. The van der Waals surface area contributed by atoms with Gasteiger partial charge >= 0.3 is 0 Å². The van der Waals surface area contributed by atoms with Crippen molar-refractivity contribution in [3.63, 3.8) is 0 Å². The van der Waals surface area contributed by atoms with E-state index in [1.54, 1.807) is 0 Å². The van der Waals surface area contributed by atoms with Gasteiger partial charge in [0.05, 0.1) is 15.5 Å². The molecule has 2 rings (SSSR count). The van der Waals surface area contributed by atoms with E-state index >= 15 is 0 Å². The summed E-state index contributed by atoms with van der Waals surface area (Å²) in [5.74, 6) is 1.68. The minimum Gasteiger partial charge on any atom is -0.312 e. The predicted octanol–water partition coefficient (Wildman–Crippen LogP) is 2.26. The van der Waals surface area contributed by atoms with Crippen LogP contribution in [0.1, 0.15) is 25.1 Å². The first kappa shape index (κ1) is 14.5. The molecule has 6 heteroatoms. The molecule has 5 nitrogen and oxygen atoms in total. The number of aromatic nitrogens is 4. The number of aryl methyl sites for hydroxylation is 2. The van der Waals surface area contributed by atoms with Gasteiger partial charge in [-0.05, 0) is 42.0 Å². The van der Waals surface area contributed by atoms with Gasteiger partial charge in [-0.2, -0.15) is 10.2 Å². The van der Waals surface area contributed by atoms with Gasteiger partial charge in [0.2, 0.25) is 0 Å². The molecule has 0 amide bonds. The van der Waals surface area contributed by atoms with E-state index in [1.807, 2.05) is 35.7 Å². The molecule has 0 unspecified atom stereocenters. The SMILES string of the molecule is Cc1nn(C)c(-n2cc(I)cn2)c1CNCC(C)C. The Morgan fingerprint density at radius 1 is 1.42 bits per heavy atom. The molecule has 0 saturated carbocycles. The van der Waals surface area contributed by atoms with E-state index in [1.165, 1.54) is 5.56 Å². The van der Waals surface area contributed by atoms with E-state index in [0.29, 0.717) is 5.92 Å². The topological polar surface area (TPSA) is 47.7 Å². The van der Waals surface area contributed by atoms with E-state index in [-0.39, 0.29) is 0 Å². The zero-order valence-electron chi connectivity index (χ0n) is 11.8. The second kappa shape index (κ2) is 6.04. The summed E-state index contributed by atoms with van der Waals surface area (Å²) in [5, 5.41) is 12.4. The van der Waals surface area contributed by atoms with Crippen LogP contribution in [0.25, 0.3) is 5.82 Å². The number of rotatable bonds is 5. The molecule has 0 atom stereocenters. The summed E-state index contributed by atoms with van der Waals surface area (Å²) in [6.07, 6.45) is 3.87. The monoisotopic (exact) mass is 373 g/mol. The van der Waals surface area contributed by atoms with Crippen LogP contribution in [0.3, 0.4) is 0 Å². The third-order valence-electron chi connectivity index (χ3n) is 2.94. The number of halogens is 1. The largest absolute Gasteiger partial charge is 0.312 e. The van der Waals surface area contributed by atoms with Crippen LogP contribution >= 0.6 is 22.6 Å². The molecule has 0 spiro atoms. The van der Waals surface area contributed by atoms with Gasteiger partial charge in [0.25, 0.3) is 0 Å². The Hall–Kier alpha value is -0.890. The second-order valence-corrected chi connectivity index (χ2v) is 6.38. The first-order valence-corrected chi connectivity index (χ1v) is 7.50. The van der Waals surface area contributed by atoms with Crippen LogP contribution in [0.5, 0.6) is 0 Å². The Kier molecular flexibility index (Phi) is 4.62. The van der Waals surface area contributed by atoms with Gasteiger partial charge in [-0.3, -0.25) is 4.68 Å². The minimum absolute atomic E-state index is 0.645. The van der Waals surface area contributed by atoms with Crippen LogP contribution in [-0.2, 0) is 13.6 Å². The fraction of sp³-hybridized carbons (Fsp3) is 0.538. The van der Waals surface area contributed by atoms with Crippen LogP contribution in [0, 0.1) is 16.4 Å². The molecular weight excluding hydrogens is 353 g/mol. The molecular formula is C13H20IN5. The van der Waals surface area contributed by atoms with Crippen molar-refractivity contribution in [3.05, 3.63) is 27.2 Å². The molecule has 0 aliphatic carbocycles. The number of hydrogen-bond acceptors (Lipinski definition) is 3. The van der Waals surface area contributed by atoms with Gasteiger partial charge in [0, 0.05) is 25.4 Å². The third kappa shape index (κ3) is 3.36. The molecule has 0 aliphatic rings. The van der Waals surface area contributed by atoms with Gasteiger partial charge in [-0.25, -0.2) is 4.68 Å². The zero-order chi connectivity index (χ0) is 14.0. The summed E-state index contributed by atoms with van der Waals surface area (Å²) >= 11 is 2.27. The Labute approximate surface area is 127 Å². The van der Waals surface area contributed by atoms with Gasteiger partial charge in [0.15, 0.2) is 5.82 Å². The molecule has 0 aromatic carbocycles. The number of hydrogen-bond donors (Lipinski definition) is 1. The summed E-state index contributed by atoms with van der Waals surface area (Å²) in [5.41, 5.74) is 2.27. The lowest BCUT2D eigenvalue weighted by Crippen LogP contribution is -2.20. The van der Waals surface area contributed by atoms with Crippen LogP contribution in [0.2, 0.25) is 0 Å². The lowest BCUT2D eigenvalue weighted by molar-refractivity contribution is 0.550. The smallest absolute Gasteiger partial charge is 0.156 e.